The molecule has 1 aromatic rings. The molecule has 0 saturated carbocycles. The Morgan fingerprint density at radius 3 is 2.44 bits per heavy atom. The number of amides is 1. The zero-order valence-corrected chi connectivity index (χ0v) is 10.8. The lowest BCUT2D eigenvalue weighted by Crippen LogP contribution is -2.15. The van der Waals surface area contributed by atoms with E-state index in [1.54, 1.807) is 12.1 Å². The summed E-state index contributed by atoms with van der Waals surface area (Å²) in [6.07, 6.45) is 0. The average Bonchev–Trinajstić information content (AvgIpc) is 2.29. The Hall–Kier alpha value is -1.34. The number of carbonyl (C=O) groups excluding carboxylic acids is 1. The molecule has 0 bridgehead atoms. The quantitative estimate of drug-likeness (QED) is 0.866. The highest BCUT2D eigenvalue weighted by molar-refractivity contribution is 9.09. The van der Waals surface area contributed by atoms with Crippen LogP contribution in [0.2, 0.25) is 0 Å². The van der Waals surface area contributed by atoms with Gasteiger partial charge in [0.1, 0.15) is 0 Å². The van der Waals surface area contributed by atoms with Crippen LogP contribution in [-0.4, -0.2) is 11.2 Å². The van der Waals surface area contributed by atoms with E-state index in [-0.39, 0.29) is 11.2 Å². The van der Waals surface area contributed by atoms with Crippen molar-refractivity contribution in [2.75, 3.05) is 10.6 Å². The van der Waals surface area contributed by atoms with Crippen molar-refractivity contribution in [1.29, 1.82) is 5.26 Å². The van der Waals surface area contributed by atoms with Crippen LogP contribution in [0, 0.1) is 11.3 Å². The molecule has 0 saturated heterocycles. The van der Waals surface area contributed by atoms with Gasteiger partial charge < -0.3 is 5.32 Å². The van der Waals surface area contributed by atoms with Crippen LogP contribution in [0.15, 0.2) is 24.3 Å². The Morgan fingerprint density at radius 1 is 1.44 bits per heavy atom. The molecule has 16 heavy (non-hydrogen) atoms. The number of benzene rings is 1. The van der Waals surface area contributed by atoms with Gasteiger partial charge in [-0.2, -0.15) is 5.26 Å². The molecule has 0 aliphatic rings. The molecule has 0 fully saturated rings. The summed E-state index contributed by atoms with van der Waals surface area (Å²) < 4.78 is 0. The van der Waals surface area contributed by atoms with Crippen LogP contribution in [0.1, 0.15) is 19.4 Å². The van der Waals surface area contributed by atoms with Gasteiger partial charge in [0.25, 0.3) is 0 Å². The van der Waals surface area contributed by atoms with Crippen molar-refractivity contribution < 1.29 is 4.79 Å². The van der Waals surface area contributed by atoms with Crippen molar-refractivity contribution in [3.8, 4) is 6.07 Å². The molecule has 0 aromatic heterocycles. The molecule has 0 atom stereocenters. The Balaban J connectivity index is 2.84. The summed E-state index contributed by atoms with van der Waals surface area (Å²) in [5.41, 5.74) is 1.17. The average molecular weight is 281 g/mol. The molecule has 0 radical (unpaired) electrons. The van der Waals surface area contributed by atoms with Gasteiger partial charge in [-0.1, -0.05) is 28.1 Å². The number of halogens is 1. The molecule has 0 heterocycles. The van der Waals surface area contributed by atoms with Gasteiger partial charge in [-0.3, -0.25) is 4.79 Å². The number of anilines is 1. The minimum absolute atomic E-state index is 0.0905. The van der Waals surface area contributed by atoms with Gasteiger partial charge in [0.05, 0.1) is 16.8 Å². The maximum absolute atomic E-state index is 11.1. The van der Waals surface area contributed by atoms with Crippen LogP contribution >= 0.6 is 15.9 Å². The van der Waals surface area contributed by atoms with Gasteiger partial charge in [-0.25, -0.2) is 0 Å². The topological polar surface area (TPSA) is 52.9 Å². The van der Waals surface area contributed by atoms with E-state index in [1.165, 1.54) is 0 Å². The molecule has 0 aliphatic carbocycles. The maximum Gasteiger partial charge on any atom is 0.235 e. The zero-order valence-electron chi connectivity index (χ0n) is 9.25. The number of hydrogen-bond donors (Lipinski definition) is 1. The number of alkyl halides is 1. The van der Waals surface area contributed by atoms with E-state index in [2.05, 4.69) is 27.3 Å². The highest BCUT2D eigenvalue weighted by Crippen LogP contribution is 2.23. The second kappa shape index (κ2) is 5.13. The van der Waals surface area contributed by atoms with Gasteiger partial charge in [-0.05, 0) is 31.5 Å². The third-order valence-electron chi connectivity index (χ3n) is 2.29. The molecule has 3 nitrogen and oxygen atoms in total. The fourth-order valence-electron chi connectivity index (χ4n) is 1.23. The van der Waals surface area contributed by atoms with Crippen molar-refractivity contribution in [2.45, 2.75) is 19.3 Å². The maximum atomic E-state index is 11.1. The Labute approximate surface area is 104 Å². The summed E-state index contributed by atoms with van der Waals surface area (Å²) in [5.74, 6) is -0.0905. The number of nitrogens with one attached hydrogen (secondary N) is 1. The fourth-order valence-corrected chi connectivity index (χ4v) is 1.37. The number of carbonyl (C=O) groups is 1. The Kier molecular flexibility index (Phi) is 4.08. The zero-order chi connectivity index (χ0) is 12.2. The number of nitriles is 1. The summed E-state index contributed by atoms with van der Waals surface area (Å²) in [4.78, 5) is 11.1. The van der Waals surface area contributed by atoms with E-state index >= 15 is 0 Å². The monoisotopic (exact) mass is 280 g/mol. The predicted octanol–water partition coefficient (Wildman–Crippen LogP) is 2.82. The van der Waals surface area contributed by atoms with E-state index in [4.69, 9.17) is 5.26 Å². The van der Waals surface area contributed by atoms with Gasteiger partial charge in [0.2, 0.25) is 5.91 Å². The molecule has 0 spiro atoms. The number of rotatable bonds is 3. The standard InChI is InChI=1S/C12H13BrN2O/c1-12(2,8-14)9-3-5-10(6-4-9)15-11(16)7-13/h3-6H,7H2,1-2H3,(H,15,16). The second-order valence-electron chi connectivity index (χ2n) is 4.00. The van der Waals surface area contributed by atoms with Crippen LogP contribution in [0.4, 0.5) is 5.69 Å². The fraction of sp³-hybridized carbons (Fsp3) is 0.333. The van der Waals surface area contributed by atoms with Gasteiger partial charge in [-0.15, -0.1) is 0 Å². The molecule has 1 N–H and O–H groups in total. The molecular formula is C12H13BrN2O. The van der Waals surface area contributed by atoms with Crippen molar-refractivity contribution >= 4 is 27.5 Å². The van der Waals surface area contributed by atoms with E-state index in [1.807, 2.05) is 26.0 Å². The van der Waals surface area contributed by atoms with Crippen molar-refractivity contribution in [3.63, 3.8) is 0 Å². The van der Waals surface area contributed by atoms with Gasteiger partial charge in [0.15, 0.2) is 0 Å². The van der Waals surface area contributed by atoms with Crippen LogP contribution < -0.4 is 5.32 Å². The SMILES string of the molecule is CC(C)(C#N)c1ccc(NC(=O)CBr)cc1. The van der Waals surface area contributed by atoms with Gasteiger partial charge in [0, 0.05) is 5.69 Å². The molecule has 1 amide bonds. The normalized spacial score (nSPS) is 10.6. The molecule has 0 unspecified atom stereocenters. The minimum Gasteiger partial charge on any atom is -0.325 e. The van der Waals surface area contributed by atoms with E-state index < -0.39 is 5.41 Å². The van der Waals surface area contributed by atoms with E-state index in [0.717, 1.165) is 11.3 Å². The largest absolute Gasteiger partial charge is 0.325 e. The third kappa shape index (κ3) is 3.07. The minimum atomic E-state index is -0.502. The first-order valence-corrected chi connectivity index (χ1v) is 5.99. The number of nitrogens with zero attached hydrogens (tertiary/aromatic N) is 1. The Bertz CT molecular complexity index is 418. The molecule has 1 rings (SSSR count). The first kappa shape index (κ1) is 12.7. The van der Waals surface area contributed by atoms with Crippen molar-refractivity contribution in [3.05, 3.63) is 29.8 Å². The highest BCUT2D eigenvalue weighted by atomic mass is 79.9. The molecular weight excluding hydrogens is 268 g/mol. The van der Waals surface area contributed by atoms with Crippen LogP contribution in [0.25, 0.3) is 0 Å². The van der Waals surface area contributed by atoms with Crippen LogP contribution in [0.3, 0.4) is 0 Å². The van der Waals surface area contributed by atoms with Crippen LogP contribution in [-0.2, 0) is 10.2 Å². The lowest BCUT2D eigenvalue weighted by molar-refractivity contribution is -0.113. The van der Waals surface area contributed by atoms with Crippen LogP contribution in [0.5, 0.6) is 0 Å². The second-order valence-corrected chi connectivity index (χ2v) is 4.56. The first-order chi connectivity index (χ1) is 7.49. The van der Waals surface area contributed by atoms with E-state index in [9.17, 15) is 4.79 Å². The molecule has 0 aliphatic heterocycles. The number of hydrogen-bond acceptors (Lipinski definition) is 2. The summed E-state index contributed by atoms with van der Waals surface area (Å²) in [6, 6.07) is 9.54. The smallest absolute Gasteiger partial charge is 0.235 e. The third-order valence-corrected chi connectivity index (χ3v) is 2.80. The first-order valence-electron chi connectivity index (χ1n) is 4.87. The van der Waals surface area contributed by atoms with E-state index in [0.29, 0.717) is 0 Å². The summed E-state index contributed by atoms with van der Waals surface area (Å²) >= 11 is 3.07. The van der Waals surface area contributed by atoms with Gasteiger partial charge >= 0.3 is 0 Å². The molecule has 4 heteroatoms. The molecule has 1 aromatic carbocycles. The lowest BCUT2D eigenvalue weighted by Gasteiger charge is -2.16. The van der Waals surface area contributed by atoms with Crippen molar-refractivity contribution in [2.24, 2.45) is 0 Å². The Morgan fingerprint density at radius 2 is 2.00 bits per heavy atom. The highest BCUT2D eigenvalue weighted by Gasteiger charge is 2.19. The van der Waals surface area contributed by atoms with Crippen molar-refractivity contribution in [1.82, 2.24) is 0 Å². The summed E-state index contributed by atoms with van der Waals surface area (Å²) in [7, 11) is 0. The molecule has 84 valence electrons. The lowest BCUT2D eigenvalue weighted by atomic mass is 9.86. The summed E-state index contributed by atoms with van der Waals surface area (Å²) in [5, 5.41) is 12.0. The summed E-state index contributed by atoms with van der Waals surface area (Å²) in [6.45, 7) is 3.72. The predicted molar refractivity (Wildman–Crippen MR) is 67.5 cm³/mol.